The molecule has 1 aliphatic heterocycles. The SMILES string of the molecule is CNC(c1ccc(C)c(C)c1OC)C1CCOC1C. The maximum absolute atomic E-state index is 5.72. The average Bonchev–Trinajstić information content (AvgIpc) is 2.81. The van der Waals surface area contributed by atoms with Crippen LogP contribution in [-0.4, -0.2) is 26.9 Å². The second kappa shape index (κ2) is 5.93. The molecule has 0 saturated carbocycles. The van der Waals surface area contributed by atoms with Crippen LogP contribution in [0.1, 0.15) is 36.1 Å². The van der Waals surface area contributed by atoms with E-state index in [2.05, 4.69) is 38.2 Å². The summed E-state index contributed by atoms with van der Waals surface area (Å²) < 4.78 is 11.4. The van der Waals surface area contributed by atoms with Crippen LogP contribution in [0.15, 0.2) is 12.1 Å². The molecule has 0 aromatic heterocycles. The van der Waals surface area contributed by atoms with Crippen molar-refractivity contribution in [3.05, 3.63) is 28.8 Å². The van der Waals surface area contributed by atoms with Crippen molar-refractivity contribution in [2.75, 3.05) is 20.8 Å². The third-order valence-corrected chi connectivity index (χ3v) is 4.42. The van der Waals surface area contributed by atoms with Crippen molar-refractivity contribution in [1.82, 2.24) is 5.32 Å². The summed E-state index contributed by atoms with van der Waals surface area (Å²) in [4.78, 5) is 0. The fourth-order valence-electron chi connectivity index (χ4n) is 3.11. The Hall–Kier alpha value is -1.06. The Labute approximate surface area is 116 Å². The third kappa shape index (κ3) is 2.63. The van der Waals surface area contributed by atoms with E-state index in [1.54, 1.807) is 7.11 Å². The Morgan fingerprint density at radius 1 is 1.37 bits per heavy atom. The zero-order valence-corrected chi connectivity index (χ0v) is 12.6. The average molecular weight is 263 g/mol. The molecule has 1 heterocycles. The van der Waals surface area contributed by atoms with Gasteiger partial charge in [-0.3, -0.25) is 0 Å². The topological polar surface area (TPSA) is 30.5 Å². The van der Waals surface area contributed by atoms with Crippen LogP contribution in [0.5, 0.6) is 5.75 Å². The Balaban J connectivity index is 2.40. The molecular weight excluding hydrogens is 238 g/mol. The Morgan fingerprint density at radius 3 is 2.63 bits per heavy atom. The summed E-state index contributed by atoms with van der Waals surface area (Å²) in [6, 6.07) is 4.65. The van der Waals surface area contributed by atoms with Gasteiger partial charge in [0.05, 0.1) is 13.2 Å². The Kier molecular flexibility index (Phi) is 4.48. The van der Waals surface area contributed by atoms with Gasteiger partial charge in [-0.05, 0) is 45.4 Å². The minimum absolute atomic E-state index is 0.284. The number of nitrogens with one attached hydrogen (secondary N) is 1. The van der Waals surface area contributed by atoms with E-state index in [1.807, 2.05) is 7.05 Å². The lowest BCUT2D eigenvalue weighted by Crippen LogP contribution is -2.30. The monoisotopic (exact) mass is 263 g/mol. The zero-order chi connectivity index (χ0) is 14.0. The van der Waals surface area contributed by atoms with Crippen molar-refractivity contribution in [2.45, 2.75) is 39.3 Å². The first-order valence-electron chi connectivity index (χ1n) is 7.03. The molecule has 3 atom stereocenters. The summed E-state index contributed by atoms with van der Waals surface area (Å²) in [6.45, 7) is 7.27. The van der Waals surface area contributed by atoms with Gasteiger partial charge < -0.3 is 14.8 Å². The number of hydrogen-bond donors (Lipinski definition) is 1. The van der Waals surface area contributed by atoms with Crippen LogP contribution in [0.3, 0.4) is 0 Å². The first-order valence-corrected chi connectivity index (χ1v) is 7.03. The predicted octanol–water partition coefficient (Wildman–Crippen LogP) is 3.00. The summed E-state index contributed by atoms with van der Waals surface area (Å²) in [7, 11) is 3.77. The number of methoxy groups -OCH3 is 1. The normalized spacial score (nSPS) is 24.5. The molecule has 1 aromatic carbocycles. The second-order valence-electron chi connectivity index (χ2n) is 5.42. The van der Waals surface area contributed by atoms with E-state index in [1.165, 1.54) is 16.7 Å². The van der Waals surface area contributed by atoms with Crippen LogP contribution in [0.25, 0.3) is 0 Å². The van der Waals surface area contributed by atoms with Crippen molar-refractivity contribution in [3.63, 3.8) is 0 Å². The first kappa shape index (κ1) is 14.4. The second-order valence-corrected chi connectivity index (χ2v) is 5.42. The van der Waals surface area contributed by atoms with Gasteiger partial charge in [0.1, 0.15) is 5.75 Å². The number of hydrogen-bond acceptors (Lipinski definition) is 3. The molecule has 3 nitrogen and oxygen atoms in total. The molecule has 1 fully saturated rings. The minimum atomic E-state index is 0.284. The van der Waals surface area contributed by atoms with Crippen LogP contribution in [-0.2, 0) is 4.74 Å². The van der Waals surface area contributed by atoms with Gasteiger partial charge in [0, 0.05) is 24.1 Å². The third-order valence-electron chi connectivity index (χ3n) is 4.42. The molecule has 0 spiro atoms. The lowest BCUT2D eigenvalue weighted by atomic mass is 9.86. The van der Waals surface area contributed by atoms with E-state index >= 15 is 0 Å². The fourth-order valence-corrected chi connectivity index (χ4v) is 3.11. The molecule has 1 aromatic rings. The lowest BCUT2D eigenvalue weighted by Gasteiger charge is -2.28. The summed E-state index contributed by atoms with van der Waals surface area (Å²) in [5.41, 5.74) is 3.74. The highest BCUT2D eigenvalue weighted by Gasteiger charge is 2.33. The molecule has 1 N–H and O–H groups in total. The molecule has 2 rings (SSSR count). The molecule has 1 saturated heterocycles. The minimum Gasteiger partial charge on any atom is -0.496 e. The molecule has 106 valence electrons. The number of aryl methyl sites for hydroxylation is 1. The van der Waals surface area contributed by atoms with E-state index in [0.717, 1.165) is 18.8 Å². The highest BCUT2D eigenvalue weighted by atomic mass is 16.5. The van der Waals surface area contributed by atoms with E-state index in [9.17, 15) is 0 Å². The largest absolute Gasteiger partial charge is 0.496 e. The summed E-state index contributed by atoms with van der Waals surface area (Å²) in [5, 5.41) is 3.45. The van der Waals surface area contributed by atoms with E-state index < -0.39 is 0 Å². The van der Waals surface area contributed by atoms with Gasteiger partial charge in [-0.15, -0.1) is 0 Å². The Bertz CT molecular complexity index is 445. The molecule has 1 aliphatic rings. The molecule has 0 aliphatic carbocycles. The highest BCUT2D eigenvalue weighted by molar-refractivity contribution is 5.47. The summed E-state index contributed by atoms with van der Waals surface area (Å²) in [5.74, 6) is 1.51. The lowest BCUT2D eigenvalue weighted by molar-refractivity contribution is 0.0960. The fraction of sp³-hybridized carbons (Fsp3) is 0.625. The van der Waals surface area contributed by atoms with Crippen LogP contribution >= 0.6 is 0 Å². The number of rotatable bonds is 4. The first-order chi connectivity index (χ1) is 9.10. The van der Waals surface area contributed by atoms with Gasteiger partial charge in [0.25, 0.3) is 0 Å². The zero-order valence-electron chi connectivity index (χ0n) is 12.6. The van der Waals surface area contributed by atoms with Crippen molar-refractivity contribution in [3.8, 4) is 5.75 Å². The molecule has 0 amide bonds. The standard InChI is InChI=1S/C16H25NO2/c1-10-6-7-14(16(18-5)11(10)2)15(17-4)13-8-9-19-12(13)3/h6-7,12-13,15,17H,8-9H2,1-5H3. The molecule has 3 heteroatoms. The van der Waals surface area contributed by atoms with Crippen LogP contribution in [0.4, 0.5) is 0 Å². The van der Waals surface area contributed by atoms with Gasteiger partial charge in [0.2, 0.25) is 0 Å². The van der Waals surface area contributed by atoms with Gasteiger partial charge in [-0.25, -0.2) is 0 Å². The molecule has 0 bridgehead atoms. The predicted molar refractivity (Wildman–Crippen MR) is 77.8 cm³/mol. The van der Waals surface area contributed by atoms with Crippen LogP contribution < -0.4 is 10.1 Å². The van der Waals surface area contributed by atoms with Gasteiger partial charge in [-0.1, -0.05) is 12.1 Å². The maximum Gasteiger partial charge on any atom is 0.126 e. The number of ether oxygens (including phenoxy) is 2. The summed E-state index contributed by atoms with van der Waals surface area (Å²) >= 11 is 0. The van der Waals surface area contributed by atoms with Gasteiger partial charge in [-0.2, -0.15) is 0 Å². The molecule has 19 heavy (non-hydrogen) atoms. The molecule has 0 radical (unpaired) electrons. The quantitative estimate of drug-likeness (QED) is 0.906. The van der Waals surface area contributed by atoms with Crippen LogP contribution in [0.2, 0.25) is 0 Å². The molecule has 3 unspecified atom stereocenters. The Morgan fingerprint density at radius 2 is 2.11 bits per heavy atom. The van der Waals surface area contributed by atoms with Crippen LogP contribution in [0, 0.1) is 19.8 Å². The van der Waals surface area contributed by atoms with Crippen molar-refractivity contribution in [1.29, 1.82) is 0 Å². The van der Waals surface area contributed by atoms with Crippen molar-refractivity contribution in [2.24, 2.45) is 5.92 Å². The number of benzene rings is 1. The van der Waals surface area contributed by atoms with Gasteiger partial charge >= 0.3 is 0 Å². The van der Waals surface area contributed by atoms with Gasteiger partial charge in [0.15, 0.2) is 0 Å². The highest BCUT2D eigenvalue weighted by Crippen LogP contribution is 2.39. The van der Waals surface area contributed by atoms with E-state index in [-0.39, 0.29) is 6.04 Å². The smallest absolute Gasteiger partial charge is 0.126 e. The van der Waals surface area contributed by atoms with Crippen molar-refractivity contribution < 1.29 is 9.47 Å². The van der Waals surface area contributed by atoms with Crippen molar-refractivity contribution >= 4 is 0 Å². The van der Waals surface area contributed by atoms with E-state index in [4.69, 9.17) is 9.47 Å². The van der Waals surface area contributed by atoms with E-state index in [0.29, 0.717) is 12.0 Å². The molecular formula is C16H25NO2. The maximum atomic E-state index is 5.72. The summed E-state index contributed by atoms with van der Waals surface area (Å²) in [6.07, 6.45) is 1.40.